The van der Waals surface area contributed by atoms with Gasteiger partial charge < -0.3 is 0 Å². The van der Waals surface area contributed by atoms with Crippen LogP contribution in [-0.4, -0.2) is 11.6 Å². The van der Waals surface area contributed by atoms with Gasteiger partial charge in [0.1, 0.15) is 11.6 Å². The van der Waals surface area contributed by atoms with E-state index in [2.05, 4.69) is 0 Å². The molecule has 13 heavy (non-hydrogen) atoms. The van der Waals surface area contributed by atoms with Gasteiger partial charge in [-0.05, 0) is 12.3 Å². The number of Topliss-reactive ketones (excluding diaryl/α,β-unsaturated/α-hetero) is 2. The molecule has 1 fully saturated rings. The van der Waals surface area contributed by atoms with Crippen molar-refractivity contribution in [2.45, 2.75) is 51.9 Å². The molecule has 0 unspecified atom stereocenters. The Morgan fingerprint density at radius 2 is 1.92 bits per heavy atom. The maximum absolute atomic E-state index is 11.2. The Hall–Kier alpha value is -0.660. The lowest BCUT2D eigenvalue weighted by Crippen LogP contribution is -2.06. The highest BCUT2D eigenvalue weighted by atomic mass is 16.1. The van der Waals surface area contributed by atoms with Gasteiger partial charge in [-0.2, -0.15) is 0 Å². The van der Waals surface area contributed by atoms with Crippen molar-refractivity contribution in [1.82, 2.24) is 0 Å². The van der Waals surface area contributed by atoms with Crippen LogP contribution in [0.2, 0.25) is 0 Å². The standard InChI is InChI=1S/C11H18O2/c1-2-10(12)8-11(13)5-3-4-9-6-7-9/h9H,2-8H2,1H3. The Morgan fingerprint density at radius 3 is 2.46 bits per heavy atom. The zero-order valence-corrected chi connectivity index (χ0v) is 8.34. The summed E-state index contributed by atoms with van der Waals surface area (Å²) in [7, 11) is 0. The average Bonchev–Trinajstić information content (AvgIpc) is 2.88. The topological polar surface area (TPSA) is 34.1 Å². The van der Waals surface area contributed by atoms with Crippen LogP contribution >= 0.6 is 0 Å². The summed E-state index contributed by atoms with van der Waals surface area (Å²) in [6.45, 7) is 1.81. The molecular formula is C11H18O2. The third kappa shape index (κ3) is 4.81. The second kappa shape index (κ2) is 5.15. The lowest BCUT2D eigenvalue weighted by molar-refractivity contribution is -0.126. The Labute approximate surface area is 79.7 Å². The minimum atomic E-state index is 0.0800. The number of hydrogen-bond donors (Lipinski definition) is 0. The number of rotatable bonds is 7. The molecule has 2 heteroatoms. The van der Waals surface area contributed by atoms with E-state index in [1.807, 2.05) is 0 Å². The highest BCUT2D eigenvalue weighted by molar-refractivity contribution is 5.98. The predicted molar refractivity (Wildman–Crippen MR) is 51.5 cm³/mol. The summed E-state index contributed by atoms with van der Waals surface area (Å²) in [5, 5.41) is 0. The van der Waals surface area contributed by atoms with Gasteiger partial charge in [0.05, 0.1) is 6.42 Å². The van der Waals surface area contributed by atoms with Crippen LogP contribution in [0.25, 0.3) is 0 Å². The highest BCUT2D eigenvalue weighted by Gasteiger charge is 2.20. The van der Waals surface area contributed by atoms with Gasteiger partial charge in [0.25, 0.3) is 0 Å². The quantitative estimate of drug-likeness (QED) is 0.567. The van der Waals surface area contributed by atoms with Crippen molar-refractivity contribution < 1.29 is 9.59 Å². The molecule has 0 saturated heterocycles. The van der Waals surface area contributed by atoms with Gasteiger partial charge in [-0.25, -0.2) is 0 Å². The van der Waals surface area contributed by atoms with E-state index in [0.717, 1.165) is 12.3 Å². The molecule has 0 atom stereocenters. The maximum atomic E-state index is 11.2. The summed E-state index contributed by atoms with van der Waals surface area (Å²) in [6, 6.07) is 0. The molecule has 74 valence electrons. The van der Waals surface area contributed by atoms with Crippen molar-refractivity contribution in [2.75, 3.05) is 0 Å². The number of hydrogen-bond acceptors (Lipinski definition) is 2. The zero-order chi connectivity index (χ0) is 9.68. The summed E-state index contributed by atoms with van der Waals surface area (Å²) < 4.78 is 0. The third-order valence-corrected chi connectivity index (χ3v) is 2.55. The second-order valence-corrected chi connectivity index (χ2v) is 3.94. The largest absolute Gasteiger partial charge is 0.299 e. The first kappa shape index (κ1) is 10.4. The Bertz CT molecular complexity index is 192. The van der Waals surface area contributed by atoms with Crippen molar-refractivity contribution in [2.24, 2.45) is 5.92 Å². The van der Waals surface area contributed by atoms with Gasteiger partial charge in [-0.3, -0.25) is 9.59 Å². The smallest absolute Gasteiger partial charge is 0.140 e. The minimum Gasteiger partial charge on any atom is -0.299 e. The van der Waals surface area contributed by atoms with Gasteiger partial charge in [-0.1, -0.05) is 26.2 Å². The van der Waals surface area contributed by atoms with Crippen LogP contribution < -0.4 is 0 Å². The molecule has 0 spiro atoms. The molecule has 0 aromatic rings. The lowest BCUT2D eigenvalue weighted by Gasteiger charge is -1.98. The van der Waals surface area contributed by atoms with Crippen LogP contribution in [0.5, 0.6) is 0 Å². The first-order chi connectivity index (χ1) is 6.22. The molecular weight excluding hydrogens is 164 g/mol. The molecule has 1 rings (SSSR count). The van der Waals surface area contributed by atoms with Gasteiger partial charge in [0.15, 0.2) is 0 Å². The second-order valence-electron chi connectivity index (χ2n) is 3.94. The molecule has 0 N–H and O–H groups in total. The van der Waals surface area contributed by atoms with E-state index in [1.54, 1.807) is 6.92 Å². The Morgan fingerprint density at radius 1 is 1.23 bits per heavy atom. The van der Waals surface area contributed by atoms with Crippen LogP contribution in [0.3, 0.4) is 0 Å². The highest BCUT2D eigenvalue weighted by Crippen LogP contribution is 2.33. The van der Waals surface area contributed by atoms with E-state index in [0.29, 0.717) is 12.8 Å². The van der Waals surface area contributed by atoms with Crippen molar-refractivity contribution in [3.63, 3.8) is 0 Å². The van der Waals surface area contributed by atoms with E-state index in [9.17, 15) is 9.59 Å². The molecule has 0 radical (unpaired) electrons. The van der Waals surface area contributed by atoms with Crippen molar-refractivity contribution in [3.8, 4) is 0 Å². The minimum absolute atomic E-state index is 0.0800. The Kier molecular flexibility index (Phi) is 4.13. The normalized spacial score (nSPS) is 15.8. The number of ketones is 2. The van der Waals surface area contributed by atoms with E-state index in [-0.39, 0.29) is 18.0 Å². The molecule has 0 aliphatic heterocycles. The number of carbonyl (C=O) groups excluding carboxylic acids is 2. The molecule has 0 amide bonds. The van der Waals surface area contributed by atoms with Gasteiger partial charge in [0, 0.05) is 12.8 Å². The Balaban J connectivity index is 1.99. The zero-order valence-electron chi connectivity index (χ0n) is 8.34. The summed E-state index contributed by atoms with van der Waals surface area (Å²) in [4.78, 5) is 22.1. The molecule has 1 aliphatic rings. The fourth-order valence-corrected chi connectivity index (χ4v) is 1.43. The molecule has 0 heterocycles. The fourth-order valence-electron chi connectivity index (χ4n) is 1.43. The predicted octanol–water partition coefficient (Wildman–Crippen LogP) is 2.51. The van der Waals surface area contributed by atoms with Gasteiger partial charge >= 0.3 is 0 Å². The summed E-state index contributed by atoms with van der Waals surface area (Å²) in [6.07, 6.45) is 6.15. The molecule has 0 aromatic heterocycles. The summed E-state index contributed by atoms with van der Waals surface area (Å²) in [5.74, 6) is 1.11. The van der Waals surface area contributed by atoms with E-state index in [1.165, 1.54) is 19.3 Å². The molecule has 0 bridgehead atoms. The maximum Gasteiger partial charge on any atom is 0.140 e. The molecule has 2 nitrogen and oxygen atoms in total. The van der Waals surface area contributed by atoms with Crippen LogP contribution in [-0.2, 0) is 9.59 Å². The lowest BCUT2D eigenvalue weighted by atomic mass is 10.1. The first-order valence-electron chi connectivity index (χ1n) is 5.25. The average molecular weight is 182 g/mol. The van der Waals surface area contributed by atoms with E-state index < -0.39 is 0 Å². The van der Waals surface area contributed by atoms with Gasteiger partial charge in [0.2, 0.25) is 0 Å². The summed E-state index contributed by atoms with van der Waals surface area (Å²) in [5.41, 5.74) is 0. The first-order valence-corrected chi connectivity index (χ1v) is 5.25. The number of carbonyl (C=O) groups is 2. The van der Waals surface area contributed by atoms with Crippen molar-refractivity contribution in [3.05, 3.63) is 0 Å². The van der Waals surface area contributed by atoms with Crippen molar-refractivity contribution >= 4 is 11.6 Å². The van der Waals surface area contributed by atoms with Crippen LogP contribution in [0.1, 0.15) is 51.9 Å². The SMILES string of the molecule is CCC(=O)CC(=O)CCCC1CC1. The molecule has 1 saturated carbocycles. The van der Waals surface area contributed by atoms with Crippen LogP contribution in [0.15, 0.2) is 0 Å². The van der Waals surface area contributed by atoms with E-state index in [4.69, 9.17) is 0 Å². The molecule has 1 aliphatic carbocycles. The monoisotopic (exact) mass is 182 g/mol. The van der Waals surface area contributed by atoms with E-state index >= 15 is 0 Å². The van der Waals surface area contributed by atoms with Crippen molar-refractivity contribution in [1.29, 1.82) is 0 Å². The van der Waals surface area contributed by atoms with Crippen LogP contribution in [0, 0.1) is 5.92 Å². The summed E-state index contributed by atoms with van der Waals surface area (Å²) >= 11 is 0. The fraction of sp³-hybridized carbons (Fsp3) is 0.818. The van der Waals surface area contributed by atoms with Gasteiger partial charge in [-0.15, -0.1) is 0 Å². The van der Waals surface area contributed by atoms with Crippen LogP contribution in [0.4, 0.5) is 0 Å². The molecule has 0 aromatic carbocycles. The third-order valence-electron chi connectivity index (χ3n) is 2.55.